The number of nitrogens with zero attached hydrogens (tertiary/aromatic N) is 3. The first kappa shape index (κ1) is 34.5. The van der Waals surface area contributed by atoms with Crippen molar-refractivity contribution in [2.24, 2.45) is 5.92 Å². The van der Waals surface area contributed by atoms with Gasteiger partial charge in [-0.15, -0.1) is 0 Å². The summed E-state index contributed by atoms with van der Waals surface area (Å²) in [6.07, 6.45) is 6.58. The standard InChI is InChI=1S/C33H50N6O6S/c1-4-5-18-39-31(42)28(30(41)25-9-7-6-8-10-25)35-32(43)33(39)15-19-38(20-16-33)29(27-22(2)36-37-23(27)3)24-11-13-26(14-12-24)46(44,45)34-17-21-40/h11-14,25,28-30,34,40-41H,4-10,15-21H2,1-3H3,(H,35,43)(H,36,37)/t28-,29?,30-/m1/s1. The predicted octanol–water partition coefficient (Wildman–Crippen LogP) is 2.29. The average molecular weight is 659 g/mol. The molecule has 12 nitrogen and oxygen atoms in total. The second-order valence-corrected chi connectivity index (χ2v) is 15.0. The molecule has 2 aromatic rings. The fraction of sp³-hybridized carbons (Fsp3) is 0.667. The minimum absolute atomic E-state index is 0.0148. The number of benzene rings is 1. The highest BCUT2D eigenvalue weighted by Gasteiger charge is 2.55. The van der Waals surface area contributed by atoms with Crippen LogP contribution < -0.4 is 10.0 Å². The molecule has 2 saturated heterocycles. The topological polar surface area (TPSA) is 168 Å². The van der Waals surface area contributed by atoms with Crippen LogP contribution in [0.3, 0.4) is 0 Å². The van der Waals surface area contributed by atoms with Crippen molar-refractivity contribution in [2.75, 3.05) is 32.8 Å². The van der Waals surface area contributed by atoms with E-state index in [1.54, 1.807) is 29.2 Å². The molecule has 1 aromatic heterocycles. The van der Waals surface area contributed by atoms with E-state index in [1.165, 1.54) is 0 Å². The highest BCUT2D eigenvalue weighted by atomic mass is 32.2. The quantitative estimate of drug-likeness (QED) is 0.232. The van der Waals surface area contributed by atoms with Gasteiger partial charge in [-0.2, -0.15) is 5.10 Å². The van der Waals surface area contributed by atoms with Crippen molar-refractivity contribution >= 4 is 21.8 Å². The summed E-state index contributed by atoms with van der Waals surface area (Å²) in [6, 6.07) is 5.56. The lowest BCUT2D eigenvalue weighted by Crippen LogP contribution is -2.75. The van der Waals surface area contributed by atoms with E-state index in [4.69, 9.17) is 5.11 Å². The van der Waals surface area contributed by atoms with Gasteiger partial charge in [-0.1, -0.05) is 44.7 Å². The number of likely N-dealkylation sites (tertiary alicyclic amines) is 1. The number of nitrogens with one attached hydrogen (secondary N) is 3. The zero-order valence-corrected chi connectivity index (χ0v) is 28.1. The minimum atomic E-state index is -3.76. The molecule has 2 aliphatic heterocycles. The molecule has 1 aliphatic carbocycles. The highest BCUT2D eigenvalue weighted by molar-refractivity contribution is 7.89. The zero-order valence-electron chi connectivity index (χ0n) is 27.3. The maximum atomic E-state index is 14.1. The Morgan fingerprint density at radius 2 is 1.76 bits per heavy atom. The molecule has 3 aliphatic rings. The van der Waals surface area contributed by atoms with Crippen molar-refractivity contribution < 1.29 is 28.2 Å². The smallest absolute Gasteiger partial charge is 0.248 e. The second-order valence-electron chi connectivity index (χ2n) is 13.2. The van der Waals surface area contributed by atoms with Gasteiger partial charge in [-0.25, -0.2) is 13.1 Å². The van der Waals surface area contributed by atoms with Crippen LogP contribution in [0, 0.1) is 19.8 Å². The molecule has 3 heterocycles. The van der Waals surface area contributed by atoms with Gasteiger partial charge in [0, 0.05) is 37.4 Å². The Bertz CT molecular complexity index is 1440. The molecule has 5 N–H and O–H groups in total. The third-order valence-electron chi connectivity index (χ3n) is 10.3. The summed E-state index contributed by atoms with van der Waals surface area (Å²) in [5, 5.41) is 30.9. The van der Waals surface area contributed by atoms with Crippen LogP contribution in [0.1, 0.15) is 93.3 Å². The van der Waals surface area contributed by atoms with Gasteiger partial charge in [0.1, 0.15) is 11.6 Å². The molecule has 1 saturated carbocycles. The molecule has 3 fully saturated rings. The second kappa shape index (κ2) is 14.5. The number of amides is 2. The molecule has 254 valence electrons. The predicted molar refractivity (Wildman–Crippen MR) is 173 cm³/mol. The van der Waals surface area contributed by atoms with Gasteiger partial charge < -0.3 is 20.4 Å². The molecular weight excluding hydrogens is 608 g/mol. The number of aromatic nitrogens is 2. The Balaban J connectivity index is 1.41. The van der Waals surface area contributed by atoms with Crippen LogP contribution in [0.15, 0.2) is 29.2 Å². The maximum absolute atomic E-state index is 14.1. The average Bonchev–Trinajstić information content (AvgIpc) is 3.40. The first-order chi connectivity index (χ1) is 22.0. The van der Waals surface area contributed by atoms with E-state index in [0.717, 1.165) is 67.5 Å². The number of aliphatic hydroxyl groups excluding tert-OH is 2. The normalized spacial score (nSPS) is 22.6. The summed E-state index contributed by atoms with van der Waals surface area (Å²) < 4.78 is 27.7. The molecule has 1 aromatic carbocycles. The molecule has 2 amide bonds. The Kier molecular flexibility index (Phi) is 10.9. The number of piperazine rings is 1. The van der Waals surface area contributed by atoms with Crippen LogP contribution in [-0.4, -0.2) is 101 Å². The van der Waals surface area contributed by atoms with Crippen LogP contribution in [0.25, 0.3) is 0 Å². The fourth-order valence-corrected chi connectivity index (χ4v) is 8.74. The lowest BCUT2D eigenvalue weighted by Gasteiger charge is -2.53. The van der Waals surface area contributed by atoms with Crippen molar-refractivity contribution in [2.45, 2.75) is 107 Å². The minimum Gasteiger partial charge on any atom is -0.395 e. The van der Waals surface area contributed by atoms with Crippen molar-refractivity contribution in [1.82, 2.24) is 30.0 Å². The summed E-state index contributed by atoms with van der Waals surface area (Å²) >= 11 is 0. The number of H-pyrrole nitrogens is 1. The first-order valence-corrected chi connectivity index (χ1v) is 18.3. The molecule has 1 spiro atoms. The molecule has 0 bridgehead atoms. The number of carbonyl (C=O) groups is 2. The Hall–Kier alpha value is -2.84. The molecular formula is C33H50N6O6S. The number of rotatable bonds is 12. The molecule has 3 atom stereocenters. The largest absolute Gasteiger partial charge is 0.395 e. The number of unbranched alkanes of at least 4 members (excludes halogenated alkanes) is 1. The summed E-state index contributed by atoms with van der Waals surface area (Å²) in [5.74, 6) is -0.343. The van der Waals surface area contributed by atoms with E-state index < -0.39 is 27.7 Å². The summed E-state index contributed by atoms with van der Waals surface area (Å²) in [4.78, 5) is 32.3. The van der Waals surface area contributed by atoms with Gasteiger partial charge in [-0.05, 0) is 69.6 Å². The van der Waals surface area contributed by atoms with Crippen LogP contribution in [0.4, 0.5) is 0 Å². The number of hydrogen-bond acceptors (Lipinski definition) is 8. The SMILES string of the molecule is CCCCN1C(=O)[C@@H]([C@H](O)C2CCCCC2)NC(=O)C12CCN(C(c1ccc(S(=O)(=O)NCCO)cc1)c1c(C)n[nH]c1C)CC2. The molecule has 5 rings (SSSR count). The third-order valence-corrected chi connectivity index (χ3v) is 11.8. The highest BCUT2D eigenvalue weighted by Crippen LogP contribution is 2.40. The van der Waals surface area contributed by atoms with Crippen LogP contribution in [-0.2, 0) is 19.6 Å². The summed E-state index contributed by atoms with van der Waals surface area (Å²) in [7, 11) is -3.76. The van der Waals surface area contributed by atoms with E-state index in [1.807, 2.05) is 13.8 Å². The number of aliphatic hydroxyl groups is 2. The van der Waals surface area contributed by atoms with Crippen molar-refractivity contribution in [3.8, 4) is 0 Å². The lowest BCUT2D eigenvalue weighted by molar-refractivity contribution is -0.166. The molecule has 46 heavy (non-hydrogen) atoms. The van der Waals surface area contributed by atoms with Gasteiger partial charge in [0.25, 0.3) is 0 Å². The van der Waals surface area contributed by atoms with E-state index in [2.05, 4.69) is 32.1 Å². The number of sulfonamides is 1. The Morgan fingerprint density at radius 3 is 2.35 bits per heavy atom. The third kappa shape index (κ3) is 6.75. The summed E-state index contributed by atoms with van der Waals surface area (Å²) in [5.41, 5.74) is 2.62. The van der Waals surface area contributed by atoms with Gasteiger partial charge in [0.15, 0.2) is 0 Å². The Morgan fingerprint density at radius 1 is 1.09 bits per heavy atom. The Labute approximate surface area is 272 Å². The van der Waals surface area contributed by atoms with Gasteiger partial charge in [0.05, 0.1) is 29.3 Å². The van der Waals surface area contributed by atoms with Crippen molar-refractivity contribution in [3.05, 3.63) is 46.8 Å². The molecule has 1 unspecified atom stereocenters. The van der Waals surface area contributed by atoms with E-state index >= 15 is 0 Å². The molecule has 0 radical (unpaired) electrons. The number of piperidine rings is 1. The van der Waals surface area contributed by atoms with Crippen molar-refractivity contribution in [3.63, 3.8) is 0 Å². The zero-order chi connectivity index (χ0) is 33.1. The fourth-order valence-electron chi connectivity index (χ4n) is 7.72. The van der Waals surface area contributed by atoms with E-state index in [9.17, 15) is 23.1 Å². The first-order valence-electron chi connectivity index (χ1n) is 16.8. The number of aryl methyl sites for hydroxylation is 2. The van der Waals surface area contributed by atoms with E-state index in [-0.39, 0.29) is 41.8 Å². The maximum Gasteiger partial charge on any atom is 0.248 e. The van der Waals surface area contributed by atoms with Gasteiger partial charge in [-0.3, -0.25) is 19.6 Å². The van der Waals surface area contributed by atoms with Crippen LogP contribution in [0.5, 0.6) is 0 Å². The van der Waals surface area contributed by atoms with E-state index in [0.29, 0.717) is 32.5 Å². The number of aromatic amines is 1. The van der Waals surface area contributed by atoms with Crippen molar-refractivity contribution in [1.29, 1.82) is 0 Å². The van der Waals surface area contributed by atoms with Crippen LogP contribution >= 0.6 is 0 Å². The lowest BCUT2D eigenvalue weighted by atomic mass is 9.77. The monoisotopic (exact) mass is 658 g/mol. The van der Waals surface area contributed by atoms with Gasteiger partial charge >= 0.3 is 0 Å². The number of hydrogen-bond donors (Lipinski definition) is 5. The number of carbonyl (C=O) groups excluding carboxylic acids is 2. The van der Waals surface area contributed by atoms with Crippen LogP contribution in [0.2, 0.25) is 0 Å². The summed E-state index contributed by atoms with van der Waals surface area (Å²) in [6.45, 7) is 7.11. The molecule has 13 heteroatoms. The van der Waals surface area contributed by atoms with Gasteiger partial charge in [0.2, 0.25) is 21.8 Å².